The van der Waals surface area contributed by atoms with Gasteiger partial charge in [-0.25, -0.2) is 9.97 Å². The van der Waals surface area contributed by atoms with Crippen LogP contribution in [0.4, 0.5) is 5.95 Å². The van der Waals surface area contributed by atoms with Gasteiger partial charge >= 0.3 is 0 Å². The highest BCUT2D eigenvalue weighted by atomic mass is 35.5. The van der Waals surface area contributed by atoms with Crippen LogP contribution < -0.4 is 20.9 Å². The molecule has 30 heavy (non-hydrogen) atoms. The van der Waals surface area contributed by atoms with E-state index in [1.807, 2.05) is 13.8 Å². The monoisotopic (exact) mass is 451 g/mol. The van der Waals surface area contributed by atoms with E-state index in [1.54, 1.807) is 18.5 Å². The molecule has 2 aliphatic rings. The molecule has 0 bridgehead atoms. The lowest BCUT2D eigenvalue weighted by atomic mass is 9.73. The Morgan fingerprint density at radius 1 is 1.40 bits per heavy atom. The van der Waals surface area contributed by atoms with E-state index in [0.717, 1.165) is 25.9 Å². The van der Waals surface area contributed by atoms with Crippen molar-refractivity contribution in [3.63, 3.8) is 0 Å². The van der Waals surface area contributed by atoms with Gasteiger partial charge in [-0.1, -0.05) is 23.4 Å². The first-order chi connectivity index (χ1) is 14.4. The van der Waals surface area contributed by atoms with Gasteiger partial charge in [0.25, 0.3) is 5.56 Å². The third-order valence-electron chi connectivity index (χ3n) is 5.98. The van der Waals surface area contributed by atoms with Crippen molar-refractivity contribution in [1.29, 1.82) is 0 Å². The van der Waals surface area contributed by atoms with Crippen LogP contribution in [-0.4, -0.2) is 53.4 Å². The van der Waals surface area contributed by atoms with Crippen molar-refractivity contribution in [2.75, 3.05) is 31.2 Å². The predicted molar refractivity (Wildman–Crippen MR) is 117 cm³/mol. The van der Waals surface area contributed by atoms with E-state index >= 15 is 0 Å². The molecule has 2 aliphatic heterocycles. The normalized spacial score (nSPS) is 23.1. The van der Waals surface area contributed by atoms with Crippen LogP contribution in [0.25, 0.3) is 0 Å². The first-order valence-corrected chi connectivity index (χ1v) is 11.3. The molecule has 0 aromatic carbocycles. The van der Waals surface area contributed by atoms with Gasteiger partial charge in [0, 0.05) is 35.6 Å². The molecule has 0 saturated carbocycles. The van der Waals surface area contributed by atoms with Crippen LogP contribution in [-0.2, 0) is 4.74 Å². The molecular formula is C20H26ClN5O3S. The van der Waals surface area contributed by atoms with Crippen LogP contribution in [0.5, 0.6) is 5.88 Å². The molecule has 0 radical (unpaired) electrons. The van der Waals surface area contributed by atoms with E-state index in [9.17, 15) is 4.79 Å². The Balaban J connectivity index is 1.46. The maximum Gasteiger partial charge on any atom is 0.266 e. The van der Waals surface area contributed by atoms with Crippen LogP contribution in [0.3, 0.4) is 0 Å². The molecule has 0 unspecified atom stereocenters. The van der Waals surface area contributed by atoms with Crippen molar-refractivity contribution >= 4 is 29.3 Å². The lowest BCUT2D eigenvalue weighted by Gasteiger charge is -2.41. The molecular weight excluding hydrogens is 426 g/mol. The van der Waals surface area contributed by atoms with Crippen LogP contribution in [0.1, 0.15) is 26.7 Å². The average molecular weight is 452 g/mol. The smallest absolute Gasteiger partial charge is 0.266 e. The second-order valence-electron chi connectivity index (χ2n) is 7.75. The van der Waals surface area contributed by atoms with Gasteiger partial charge < -0.3 is 20.1 Å². The van der Waals surface area contributed by atoms with Gasteiger partial charge in [0.2, 0.25) is 11.8 Å². The van der Waals surface area contributed by atoms with Gasteiger partial charge in [0.15, 0.2) is 0 Å². The fraction of sp³-hybridized carbons (Fsp3) is 0.550. The van der Waals surface area contributed by atoms with E-state index in [2.05, 4.69) is 19.9 Å². The lowest BCUT2D eigenvalue weighted by molar-refractivity contribution is 0.0973. The number of pyridine rings is 1. The zero-order chi connectivity index (χ0) is 21.3. The number of ether oxygens (including phenoxy) is 2. The number of nitrogens with two attached hydrogens (primary N) is 1. The molecule has 2 aromatic rings. The van der Waals surface area contributed by atoms with Crippen molar-refractivity contribution in [3.8, 4) is 5.88 Å². The lowest BCUT2D eigenvalue weighted by Crippen LogP contribution is -2.51. The fourth-order valence-electron chi connectivity index (χ4n) is 4.09. The fourth-order valence-corrected chi connectivity index (χ4v) is 5.16. The number of aromatic amines is 1. The molecule has 4 rings (SSSR count). The van der Waals surface area contributed by atoms with E-state index in [-0.39, 0.29) is 23.1 Å². The number of aromatic nitrogens is 3. The summed E-state index contributed by atoms with van der Waals surface area (Å²) in [4.78, 5) is 27.5. The number of halogens is 1. The van der Waals surface area contributed by atoms with Gasteiger partial charge in [-0.2, -0.15) is 0 Å². The Labute approximate surface area is 184 Å². The number of hydrogen-bond acceptors (Lipinski definition) is 8. The minimum absolute atomic E-state index is 0.0301. The van der Waals surface area contributed by atoms with Crippen molar-refractivity contribution in [2.24, 2.45) is 11.1 Å². The summed E-state index contributed by atoms with van der Waals surface area (Å²) in [6.45, 7) is 6.64. The van der Waals surface area contributed by atoms with Crippen molar-refractivity contribution in [2.45, 2.75) is 48.6 Å². The summed E-state index contributed by atoms with van der Waals surface area (Å²) >= 11 is 7.60. The summed E-state index contributed by atoms with van der Waals surface area (Å²) in [6, 6.07) is 1.80. The zero-order valence-corrected chi connectivity index (χ0v) is 18.6. The maximum atomic E-state index is 12.7. The topological polar surface area (TPSA) is 106 Å². The zero-order valence-electron chi connectivity index (χ0n) is 17.1. The van der Waals surface area contributed by atoms with Crippen LogP contribution in [0.2, 0.25) is 5.02 Å². The van der Waals surface area contributed by atoms with Gasteiger partial charge in [-0.05, 0) is 32.8 Å². The Morgan fingerprint density at radius 3 is 2.80 bits per heavy atom. The number of piperidine rings is 1. The third-order valence-corrected chi connectivity index (χ3v) is 7.53. The average Bonchev–Trinajstić information content (AvgIpc) is 3.01. The number of hydrogen-bond donors (Lipinski definition) is 2. The summed E-state index contributed by atoms with van der Waals surface area (Å²) < 4.78 is 11.2. The molecule has 2 saturated heterocycles. The molecule has 10 heteroatoms. The molecule has 2 atom stereocenters. The number of nitrogens with one attached hydrogen (secondary N) is 1. The predicted octanol–water partition coefficient (Wildman–Crippen LogP) is 2.70. The number of H-pyrrole nitrogens is 1. The van der Waals surface area contributed by atoms with Crippen molar-refractivity contribution in [1.82, 2.24) is 15.0 Å². The standard InChI is InChI=1S/C20H26ClN5O3S/c1-3-28-18-15(21)13(4-7-23-18)30-14-10-24-19(25-17(14)27)26-8-5-20(6-9-26)11-29-12(2)16(20)22/h4,7,10,12,16H,3,5-6,8-9,11,22H2,1-2H3,(H,24,25,27)/t12-,16+/m0/s1. The Hall–Kier alpha value is -1.81. The van der Waals surface area contributed by atoms with Crippen LogP contribution >= 0.6 is 23.4 Å². The van der Waals surface area contributed by atoms with E-state index in [0.29, 0.717) is 39.9 Å². The number of nitrogens with zero attached hydrogens (tertiary/aromatic N) is 3. The van der Waals surface area contributed by atoms with E-state index in [1.165, 1.54) is 11.8 Å². The van der Waals surface area contributed by atoms with Crippen molar-refractivity contribution < 1.29 is 9.47 Å². The van der Waals surface area contributed by atoms with Gasteiger partial charge in [0.1, 0.15) is 5.02 Å². The number of anilines is 1. The van der Waals surface area contributed by atoms with Gasteiger partial charge in [0.05, 0.1) is 30.4 Å². The Bertz CT molecular complexity index is 964. The first-order valence-electron chi connectivity index (χ1n) is 10.1. The van der Waals surface area contributed by atoms with Crippen LogP contribution in [0.15, 0.2) is 33.0 Å². The van der Waals surface area contributed by atoms with E-state index in [4.69, 9.17) is 26.8 Å². The third kappa shape index (κ3) is 4.03. The second-order valence-corrected chi connectivity index (χ2v) is 9.22. The quantitative estimate of drug-likeness (QED) is 0.714. The summed E-state index contributed by atoms with van der Waals surface area (Å²) in [6.07, 6.45) is 5.13. The first kappa shape index (κ1) is 21.4. The number of rotatable bonds is 5. The SMILES string of the molecule is CCOc1nccc(Sc2cnc(N3CCC4(CC3)CO[C@@H](C)[C@H]4N)[nH]c2=O)c1Cl. The minimum atomic E-state index is -0.203. The minimum Gasteiger partial charge on any atom is -0.477 e. The highest BCUT2D eigenvalue weighted by Crippen LogP contribution is 2.41. The molecule has 1 spiro atoms. The Morgan fingerprint density at radius 2 is 2.17 bits per heavy atom. The highest BCUT2D eigenvalue weighted by molar-refractivity contribution is 7.99. The molecule has 8 nitrogen and oxygen atoms in total. The van der Waals surface area contributed by atoms with Crippen LogP contribution in [0, 0.1) is 5.41 Å². The summed E-state index contributed by atoms with van der Waals surface area (Å²) in [7, 11) is 0. The van der Waals surface area contributed by atoms with Crippen molar-refractivity contribution in [3.05, 3.63) is 33.8 Å². The summed E-state index contributed by atoms with van der Waals surface area (Å²) in [5.74, 6) is 0.936. The molecule has 0 aliphatic carbocycles. The molecule has 0 amide bonds. The largest absolute Gasteiger partial charge is 0.477 e. The molecule has 162 valence electrons. The molecule has 2 aromatic heterocycles. The van der Waals surface area contributed by atoms with Gasteiger partial charge in [-0.15, -0.1) is 0 Å². The van der Waals surface area contributed by atoms with Gasteiger partial charge in [-0.3, -0.25) is 9.78 Å². The summed E-state index contributed by atoms with van der Waals surface area (Å²) in [5.41, 5.74) is 6.21. The van der Waals surface area contributed by atoms with E-state index < -0.39 is 0 Å². The molecule has 4 heterocycles. The highest BCUT2D eigenvalue weighted by Gasteiger charge is 2.47. The summed E-state index contributed by atoms with van der Waals surface area (Å²) in [5, 5.41) is 0.388. The molecule has 3 N–H and O–H groups in total. The maximum absolute atomic E-state index is 12.7. The second kappa shape index (κ2) is 8.74. The molecule has 2 fully saturated rings. The Kier molecular flexibility index (Phi) is 6.24.